The average Bonchev–Trinajstić information content (AvgIpc) is 2.64. The van der Waals surface area contributed by atoms with Crippen LogP contribution in [0.5, 0.6) is 0 Å². The third-order valence-corrected chi connectivity index (χ3v) is 3.84. The molecule has 0 spiro atoms. The van der Waals surface area contributed by atoms with Gasteiger partial charge < -0.3 is 4.98 Å². The number of nitrogens with one attached hydrogen (secondary N) is 2. The maximum absolute atomic E-state index is 11.8. The van der Waals surface area contributed by atoms with E-state index in [1.54, 1.807) is 6.92 Å². The summed E-state index contributed by atoms with van der Waals surface area (Å²) in [6.45, 7) is 6.53. The Labute approximate surface area is 103 Å². The Hall–Kier alpha value is -0.880. The van der Waals surface area contributed by atoms with Crippen molar-refractivity contribution < 1.29 is 8.42 Å². The first-order valence-electron chi connectivity index (χ1n) is 5.93. The van der Waals surface area contributed by atoms with Gasteiger partial charge in [0, 0.05) is 6.54 Å². The molecule has 1 heterocycles. The van der Waals surface area contributed by atoms with E-state index in [1.165, 1.54) is 6.20 Å². The molecule has 6 heteroatoms. The second-order valence-electron chi connectivity index (χ2n) is 4.62. The highest BCUT2D eigenvalue weighted by Crippen LogP contribution is 2.07. The topological polar surface area (TPSA) is 74.8 Å². The molecule has 5 nitrogen and oxygen atoms in total. The van der Waals surface area contributed by atoms with Gasteiger partial charge in [0.2, 0.25) is 0 Å². The first kappa shape index (κ1) is 14.2. The van der Waals surface area contributed by atoms with Gasteiger partial charge in [0.15, 0.2) is 5.03 Å². The summed E-state index contributed by atoms with van der Waals surface area (Å²) in [4.78, 5) is 6.59. The van der Waals surface area contributed by atoms with Crippen LogP contribution in [0.15, 0.2) is 11.2 Å². The molecular weight excluding hydrogens is 238 g/mol. The van der Waals surface area contributed by atoms with Gasteiger partial charge in [-0.3, -0.25) is 0 Å². The van der Waals surface area contributed by atoms with Gasteiger partial charge >= 0.3 is 0 Å². The standard InChI is InChI=1S/C11H21N3O2S/c1-9(2)6-4-5-7-13-17(15,16)11-8-12-10(3)14-11/h8-9,13H,4-7H2,1-3H3,(H,12,14). The number of imidazole rings is 1. The summed E-state index contributed by atoms with van der Waals surface area (Å²) in [5.41, 5.74) is 0. The first-order valence-corrected chi connectivity index (χ1v) is 7.41. The highest BCUT2D eigenvalue weighted by atomic mass is 32.2. The molecule has 0 saturated carbocycles. The molecule has 0 aliphatic heterocycles. The molecule has 1 aromatic heterocycles. The molecule has 98 valence electrons. The Balaban J connectivity index is 2.36. The molecule has 0 unspecified atom stereocenters. The molecule has 0 radical (unpaired) electrons. The predicted octanol–water partition coefficient (Wildman–Crippen LogP) is 1.82. The number of aromatic nitrogens is 2. The zero-order chi connectivity index (χ0) is 12.9. The predicted molar refractivity (Wildman–Crippen MR) is 67.2 cm³/mol. The highest BCUT2D eigenvalue weighted by molar-refractivity contribution is 7.89. The van der Waals surface area contributed by atoms with E-state index in [-0.39, 0.29) is 5.03 Å². The minimum Gasteiger partial charge on any atom is -0.332 e. The van der Waals surface area contributed by atoms with Crippen molar-refractivity contribution >= 4 is 10.0 Å². The lowest BCUT2D eigenvalue weighted by Crippen LogP contribution is -2.25. The van der Waals surface area contributed by atoms with Crippen LogP contribution in [0, 0.1) is 12.8 Å². The number of nitrogens with zero attached hydrogens (tertiary/aromatic N) is 1. The maximum atomic E-state index is 11.8. The monoisotopic (exact) mass is 259 g/mol. The second-order valence-corrected chi connectivity index (χ2v) is 6.36. The number of rotatable bonds is 7. The third-order valence-electron chi connectivity index (χ3n) is 2.47. The van der Waals surface area contributed by atoms with Gasteiger partial charge in [-0.05, 0) is 19.3 Å². The number of H-pyrrole nitrogens is 1. The Morgan fingerprint density at radius 1 is 1.41 bits per heavy atom. The molecule has 0 aromatic carbocycles. The SMILES string of the molecule is Cc1ncc(S(=O)(=O)NCCCCC(C)C)[nH]1. The number of aryl methyl sites for hydroxylation is 1. The van der Waals surface area contributed by atoms with E-state index in [0.717, 1.165) is 19.3 Å². The molecule has 0 amide bonds. The van der Waals surface area contributed by atoms with Crippen LogP contribution in [0.3, 0.4) is 0 Å². The second kappa shape index (κ2) is 6.16. The number of hydrogen-bond donors (Lipinski definition) is 2. The van der Waals surface area contributed by atoms with E-state index in [0.29, 0.717) is 18.3 Å². The van der Waals surface area contributed by atoms with Crippen LogP contribution in [-0.4, -0.2) is 24.9 Å². The van der Waals surface area contributed by atoms with E-state index in [9.17, 15) is 8.42 Å². The molecule has 0 fully saturated rings. The highest BCUT2D eigenvalue weighted by Gasteiger charge is 2.15. The lowest BCUT2D eigenvalue weighted by atomic mass is 10.1. The van der Waals surface area contributed by atoms with Gasteiger partial charge in [-0.15, -0.1) is 0 Å². The van der Waals surface area contributed by atoms with Gasteiger partial charge in [0.25, 0.3) is 10.0 Å². The number of aromatic amines is 1. The lowest BCUT2D eigenvalue weighted by Gasteiger charge is -2.06. The summed E-state index contributed by atoms with van der Waals surface area (Å²) in [6, 6.07) is 0. The Kier molecular flexibility index (Phi) is 5.14. The van der Waals surface area contributed by atoms with Crippen molar-refractivity contribution in [2.45, 2.75) is 45.1 Å². The number of sulfonamides is 1. The van der Waals surface area contributed by atoms with Crippen molar-refractivity contribution in [1.29, 1.82) is 0 Å². The van der Waals surface area contributed by atoms with Gasteiger partial charge in [0.05, 0.1) is 6.20 Å². The van der Waals surface area contributed by atoms with Gasteiger partial charge in [0.1, 0.15) is 5.82 Å². The third kappa shape index (κ3) is 4.87. The fourth-order valence-corrected chi connectivity index (χ4v) is 2.54. The Morgan fingerprint density at radius 3 is 2.65 bits per heavy atom. The van der Waals surface area contributed by atoms with Crippen LogP contribution in [-0.2, 0) is 10.0 Å². The number of hydrogen-bond acceptors (Lipinski definition) is 3. The van der Waals surface area contributed by atoms with E-state index in [1.807, 2.05) is 0 Å². The van der Waals surface area contributed by atoms with E-state index < -0.39 is 10.0 Å². The molecule has 0 saturated heterocycles. The average molecular weight is 259 g/mol. The van der Waals surface area contributed by atoms with Crippen LogP contribution < -0.4 is 4.72 Å². The van der Waals surface area contributed by atoms with Crippen molar-refractivity contribution in [1.82, 2.24) is 14.7 Å². The first-order chi connectivity index (χ1) is 7.92. The summed E-state index contributed by atoms with van der Waals surface area (Å²) in [5, 5.41) is 0.138. The van der Waals surface area contributed by atoms with Crippen LogP contribution >= 0.6 is 0 Å². The van der Waals surface area contributed by atoms with Crippen LogP contribution in [0.2, 0.25) is 0 Å². The largest absolute Gasteiger partial charge is 0.332 e. The molecule has 1 rings (SSSR count). The number of unbranched alkanes of at least 4 members (excludes halogenated alkanes) is 1. The lowest BCUT2D eigenvalue weighted by molar-refractivity contribution is 0.530. The smallest absolute Gasteiger partial charge is 0.257 e. The van der Waals surface area contributed by atoms with E-state index in [4.69, 9.17) is 0 Å². The zero-order valence-corrected chi connectivity index (χ0v) is 11.5. The van der Waals surface area contributed by atoms with Gasteiger partial charge in [-0.25, -0.2) is 18.1 Å². The fourth-order valence-electron chi connectivity index (χ4n) is 1.50. The summed E-state index contributed by atoms with van der Waals surface area (Å²) < 4.78 is 26.1. The quantitative estimate of drug-likeness (QED) is 0.733. The van der Waals surface area contributed by atoms with Crippen molar-refractivity contribution in [2.24, 2.45) is 5.92 Å². The summed E-state index contributed by atoms with van der Waals surface area (Å²) >= 11 is 0. The summed E-state index contributed by atoms with van der Waals surface area (Å²) in [7, 11) is -3.41. The molecule has 1 aromatic rings. The minimum absolute atomic E-state index is 0.138. The molecular formula is C11H21N3O2S. The molecule has 17 heavy (non-hydrogen) atoms. The van der Waals surface area contributed by atoms with E-state index >= 15 is 0 Å². The van der Waals surface area contributed by atoms with Gasteiger partial charge in [-0.2, -0.15) is 0 Å². The van der Waals surface area contributed by atoms with Crippen molar-refractivity contribution in [2.75, 3.05) is 6.54 Å². The molecule has 0 aliphatic carbocycles. The van der Waals surface area contributed by atoms with Crippen molar-refractivity contribution in [3.63, 3.8) is 0 Å². The van der Waals surface area contributed by atoms with Crippen molar-refractivity contribution in [3.8, 4) is 0 Å². The molecule has 0 atom stereocenters. The Bertz CT molecular complexity index is 437. The van der Waals surface area contributed by atoms with Gasteiger partial charge in [-0.1, -0.05) is 26.7 Å². The Morgan fingerprint density at radius 2 is 2.12 bits per heavy atom. The maximum Gasteiger partial charge on any atom is 0.257 e. The normalized spacial score (nSPS) is 12.2. The van der Waals surface area contributed by atoms with E-state index in [2.05, 4.69) is 28.5 Å². The van der Waals surface area contributed by atoms with Crippen LogP contribution in [0.25, 0.3) is 0 Å². The molecule has 0 aliphatic rings. The fraction of sp³-hybridized carbons (Fsp3) is 0.727. The molecule has 2 N–H and O–H groups in total. The summed E-state index contributed by atoms with van der Waals surface area (Å²) in [6.07, 6.45) is 4.38. The zero-order valence-electron chi connectivity index (χ0n) is 10.7. The van der Waals surface area contributed by atoms with Crippen molar-refractivity contribution in [3.05, 3.63) is 12.0 Å². The molecule has 0 bridgehead atoms. The minimum atomic E-state index is -3.41. The van der Waals surface area contributed by atoms with Crippen LogP contribution in [0.4, 0.5) is 0 Å². The van der Waals surface area contributed by atoms with Crippen LogP contribution in [0.1, 0.15) is 38.9 Å². The summed E-state index contributed by atoms with van der Waals surface area (Å²) in [5.74, 6) is 1.27.